The first-order valence-corrected chi connectivity index (χ1v) is 9.88. The molecule has 2 heterocycles. The highest BCUT2D eigenvalue weighted by molar-refractivity contribution is 6.31. The summed E-state index contributed by atoms with van der Waals surface area (Å²) >= 11 is 6.12. The zero-order valence-electron chi connectivity index (χ0n) is 16.2. The van der Waals surface area contributed by atoms with Crippen molar-refractivity contribution < 1.29 is 4.79 Å². The Labute approximate surface area is 164 Å². The molecule has 7 heteroatoms. The van der Waals surface area contributed by atoms with Crippen molar-refractivity contribution in [1.82, 2.24) is 19.4 Å². The van der Waals surface area contributed by atoms with Crippen LogP contribution < -0.4 is 5.56 Å². The smallest absolute Gasteiger partial charge is 0.272 e. The van der Waals surface area contributed by atoms with Gasteiger partial charge >= 0.3 is 0 Å². The van der Waals surface area contributed by atoms with E-state index >= 15 is 0 Å². The van der Waals surface area contributed by atoms with Gasteiger partial charge in [0.15, 0.2) is 0 Å². The Bertz CT molecular complexity index is 885. The van der Waals surface area contributed by atoms with Crippen LogP contribution in [0.15, 0.2) is 23.0 Å². The molecule has 146 valence electrons. The molecular formula is C20H27ClN4O2. The number of carbonyl (C=O) groups is 1. The van der Waals surface area contributed by atoms with Gasteiger partial charge in [-0.1, -0.05) is 25.4 Å². The zero-order chi connectivity index (χ0) is 19.6. The molecule has 1 aromatic carbocycles. The maximum atomic E-state index is 13.0. The van der Waals surface area contributed by atoms with Gasteiger partial charge in [0, 0.05) is 50.6 Å². The summed E-state index contributed by atoms with van der Waals surface area (Å²) in [6.07, 6.45) is 0.657. The Morgan fingerprint density at radius 2 is 1.93 bits per heavy atom. The molecule has 1 aliphatic rings. The number of amides is 1. The minimum Gasteiger partial charge on any atom is -0.340 e. The van der Waals surface area contributed by atoms with Gasteiger partial charge in [-0.15, -0.1) is 0 Å². The van der Waals surface area contributed by atoms with Gasteiger partial charge in [-0.25, -0.2) is 4.98 Å². The Morgan fingerprint density at radius 3 is 2.59 bits per heavy atom. The van der Waals surface area contributed by atoms with Crippen molar-refractivity contribution in [2.75, 3.05) is 33.2 Å². The van der Waals surface area contributed by atoms with Gasteiger partial charge in [0.25, 0.3) is 5.56 Å². The Morgan fingerprint density at radius 1 is 1.22 bits per heavy atom. The van der Waals surface area contributed by atoms with Crippen LogP contribution in [0, 0.1) is 5.92 Å². The number of rotatable bonds is 5. The van der Waals surface area contributed by atoms with Crippen molar-refractivity contribution in [2.24, 2.45) is 5.92 Å². The predicted molar refractivity (Wildman–Crippen MR) is 108 cm³/mol. The number of piperazine rings is 1. The lowest BCUT2D eigenvalue weighted by atomic mass is 10.1. The lowest BCUT2D eigenvalue weighted by Gasteiger charge is -2.32. The molecule has 0 spiro atoms. The zero-order valence-corrected chi connectivity index (χ0v) is 17.0. The molecule has 0 bridgehead atoms. The molecule has 1 aliphatic heterocycles. The summed E-state index contributed by atoms with van der Waals surface area (Å²) in [5, 5.41) is 0.587. The molecule has 1 fully saturated rings. The first kappa shape index (κ1) is 19.8. The van der Waals surface area contributed by atoms with E-state index in [0.717, 1.165) is 31.7 Å². The van der Waals surface area contributed by atoms with Crippen LogP contribution >= 0.6 is 11.6 Å². The lowest BCUT2D eigenvalue weighted by Crippen LogP contribution is -2.47. The fourth-order valence-corrected chi connectivity index (χ4v) is 3.59. The third-order valence-electron chi connectivity index (χ3n) is 4.96. The molecule has 1 aromatic heterocycles. The van der Waals surface area contributed by atoms with Crippen molar-refractivity contribution in [2.45, 2.75) is 33.2 Å². The summed E-state index contributed by atoms with van der Waals surface area (Å²) in [4.78, 5) is 34.1. The monoisotopic (exact) mass is 390 g/mol. The molecule has 6 nitrogen and oxygen atoms in total. The second kappa shape index (κ2) is 8.40. The highest BCUT2D eigenvalue weighted by atomic mass is 35.5. The van der Waals surface area contributed by atoms with Crippen molar-refractivity contribution >= 4 is 28.5 Å². The largest absolute Gasteiger partial charge is 0.340 e. The van der Waals surface area contributed by atoms with Gasteiger partial charge in [-0.2, -0.15) is 0 Å². The number of hydrogen-bond donors (Lipinski definition) is 0. The van der Waals surface area contributed by atoms with Crippen LogP contribution in [0.5, 0.6) is 0 Å². The number of benzene rings is 1. The summed E-state index contributed by atoms with van der Waals surface area (Å²) in [6, 6.07) is 5.39. The van der Waals surface area contributed by atoms with E-state index in [1.54, 1.807) is 16.7 Å². The number of aryl methyl sites for hydroxylation is 1. The molecule has 0 saturated carbocycles. The maximum absolute atomic E-state index is 13.0. The summed E-state index contributed by atoms with van der Waals surface area (Å²) in [5.74, 6) is 0.412. The average molecular weight is 391 g/mol. The van der Waals surface area contributed by atoms with E-state index in [0.29, 0.717) is 41.5 Å². The predicted octanol–water partition coefficient (Wildman–Crippen LogP) is 2.41. The van der Waals surface area contributed by atoms with E-state index in [1.165, 1.54) is 0 Å². The van der Waals surface area contributed by atoms with Crippen molar-refractivity contribution in [3.63, 3.8) is 0 Å². The van der Waals surface area contributed by atoms with Crippen molar-refractivity contribution in [3.05, 3.63) is 39.3 Å². The molecule has 3 rings (SSSR count). The highest BCUT2D eigenvalue weighted by Crippen LogP contribution is 2.18. The van der Waals surface area contributed by atoms with Crippen LogP contribution in [-0.2, 0) is 17.8 Å². The molecular weight excluding hydrogens is 364 g/mol. The molecule has 0 N–H and O–H groups in total. The number of aromatic nitrogens is 2. The Hall–Kier alpha value is -1.92. The van der Waals surface area contributed by atoms with E-state index < -0.39 is 0 Å². The number of nitrogens with zero attached hydrogens (tertiary/aromatic N) is 4. The fraction of sp³-hybridized carbons (Fsp3) is 0.550. The minimum atomic E-state index is -0.107. The molecule has 1 saturated heterocycles. The van der Waals surface area contributed by atoms with Crippen LogP contribution in [-0.4, -0.2) is 58.5 Å². The van der Waals surface area contributed by atoms with E-state index in [-0.39, 0.29) is 11.5 Å². The van der Waals surface area contributed by atoms with Gasteiger partial charge in [-0.05, 0) is 31.2 Å². The lowest BCUT2D eigenvalue weighted by molar-refractivity contribution is -0.132. The van der Waals surface area contributed by atoms with Crippen molar-refractivity contribution in [1.29, 1.82) is 0 Å². The van der Waals surface area contributed by atoms with Gasteiger partial charge < -0.3 is 14.4 Å². The van der Waals surface area contributed by atoms with Crippen LogP contribution in [0.4, 0.5) is 0 Å². The van der Waals surface area contributed by atoms with Gasteiger partial charge in [0.1, 0.15) is 5.69 Å². The maximum Gasteiger partial charge on any atom is 0.272 e. The highest BCUT2D eigenvalue weighted by Gasteiger charge is 2.20. The second-order valence-corrected chi connectivity index (χ2v) is 8.12. The summed E-state index contributed by atoms with van der Waals surface area (Å²) < 4.78 is 1.76. The van der Waals surface area contributed by atoms with Gasteiger partial charge in [0.2, 0.25) is 5.91 Å². The second-order valence-electron chi connectivity index (χ2n) is 7.69. The minimum absolute atomic E-state index is 0.0888. The fourth-order valence-electron chi connectivity index (χ4n) is 3.42. The molecule has 0 atom stereocenters. The number of hydrogen-bond acceptors (Lipinski definition) is 4. The standard InChI is InChI=1S/C20H27ClN4O2/c1-14(2)13-25-18-6-4-15(21)12-17(18)22-16(20(25)27)5-7-19(26)24-10-8-23(3)9-11-24/h4,6,12,14H,5,7-11,13H2,1-3H3. The molecule has 0 aliphatic carbocycles. The van der Waals surface area contributed by atoms with Crippen LogP contribution in [0.25, 0.3) is 11.0 Å². The average Bonchev–Trinajstić information content (AvgIpc) is 2.62. The normalized spacial score (nSPS) is 15.7. The van der Waals surface area contributed by atoms with E-state index in [2.05, 4.69) is 30.8 Å². The Kier molecular flexibility index (Phi) is 6.17. The van der Waals surface area contributed by atoms with Crippen LogP contribution in [0.3, 0.4) is 0 Å². The van der Waals surface area contributed by atoms with E-state index in [9.17, 15) is 9.59 Å². The molecule has 27 heavy (non-hydrogen) atoms. The third kappa shape index (κ3) is 4.68. The first-order chi connectivity index (χ1) is 12.8. The molecule has 0 radical (unpaired) electrons. The number of carbonyl (C=O) groups excluding carboxylic acids is 1. The third-order valence-corrected chi connectivity index (χ3v) is 5.19. The summed E-state index contributed by atoms with van der Waals surface area (Å²) in [5.41, 5.74) is 1.81. The van der Waals surface area contributed by atoms with E-state index in [1.807, 2.05) is 11.0 Å². The number of halogens is 1. The Balaban J connectivity index is 1.84. The summed E-state index contributed by atoms with van der Waals surface area (Å²) in [6.45, 7) is 8.02. The summed E-state index contributed by atoms with van der Waals surface area (Å²) in [7, 11) is 2.06. The topological polar surface area (TPSA) is 58.4 Å². The van der Waals surface area contributed by atoms with Crippen molar-refractivity contribution in [3.8, 4) is 0 Å². The van der Waals surface area contributed by atoms with Crippen LogP contribution in [0.1, 0.15) is 26.0 Å². The van der Waals surface area contributed by atoms with Gasteiger partial charge in [0.05, 0.1) is 11.0 Å². The quantitative estimate of drug-likeness (QED) is 0.786. The van der Waals surface area contributed by atoms with Gasteiger partial charge in [-0.3, -0.25) is 9.59 Å². The molecule has 1 amide bonds. The SMILES string of the molecule is CC(C)Cn1c(=O)c(CCC(=O)N2CCN(C)CC2)nc2cc(Cl)ccc21. The molecule has 0 unspecified atom stereocenters. The number of likely N-dealkylation sites (N-methyl/N-ethyl adjacent to an activating group) is 1. The van der Waals surface area contributed by atoms with Crippen LogP contribution in [0.2, 0.25) is 5.02 Å². The number of fused-ring (bicyclic) bond motifs is 1. The van der Waals surface area contributed by atoms with E-state index in [4.69, 9.17) is 11.6 Å². The molecule has 2 aromatic rings. The first-order valence-electron chi connectivity index (χ1n) is 9.50.